The smallest absolute Gasteiger partial charge is 0.188 e. The maximum absolute atomic E-state index is 11.9. The normalized spacial score (nSPS) is 16.1. The van der Waals surface area contributed by atoms with Gasteiger partial charge in [0.05, 0.1) is 7.11 Å². The zero-order valence-corrected chi connectivity index (χ0v) is 17.2. The van der Waals surface area contributed by atoms with Gasteiger partial charge in [0.2, 0.25) is 0 Å². The molecular weight excluding hydrogens is 366 g/mol. The Morgan fingerprint density at radius 2 is 2.11 bits per heavy atom. The van der Waals surface area contributed by atoms with Crippen molar-refractivity contribution in [2.24, 2.45) is 0 Å². The Morgan fingerprint density at radius 3 is 3.00 bits per heavy atom. The van der Waals surface area contributed by atoms with Crippen LogP contribution in [0.4, 0.5) is 0 Å². The molecule has 28 heavy (non-hydrogen) atoms. The summed E-state index contributed by atoms with van der Waals surface area (Å²) in [7, 11) is 1.77. The van der Waals surface area contributed by atoms with Crippen LogP contribution < -0.4 is 15.5 Å². The molecule has 1 N–H and O–H groups in total. The molecule has 0 spiro atoms. The van der Waals surface area contributed by atoms with Crippen molar-refractivity contribution in [1.29, 1.82) is 0 Å². The van der Waals surface area contributed by atoms with E-state index in [9.17, 15) is 4.79 Å². The number of benzene rings is 2. The molecule has 1 heterocycles. The summed E-state index contributed by atoms with van der Waals surface area (Å²) in [5, 5.41) is 6.32. The molecule has 0 aliphatic heterocycles. The second-order valence-electron chi connectivity index (χ2n) is 7.52. The monoisotopic (exact) mass is 393 g/mol. The van der Waals surface area contributed by atoms with E-state index in [4.69, 9.17) is 4.74 Å². The predicted molar refractivity (Wildman–Crippen MR) is 118 cm³/mol. The highest BCUT2D eigenvalue weighted by atomic mass is 32.1. The lowest BCUT2D eigenvalue weighted by Gasteiger charge is -2.27. The van der Waals surface area contributed by atoms with Crippen molar-refractivity contribution in [1.82, 2.24) is 5.32 Å². The van der Waals surface area contributed by atoms with Gasteiger partial charge in [-0.3, -0.25) is 4.79 Å². The minimum atomic E-state index is 0.114. The van der Waals surface area contributed by atoms with Gasteiger partial charge in [0, 0.05) is 10.1 Å². The SMILES string of the molecule is COc1cccc2c1CCCC2CCNCCc1ccc2c(=O)ccsc2c1. The molecule has 4 heteroatoms. The van der Waals surface area contributed by atoms with Crippen molar-refractivity contribution in [3.63, 3.8) is 0 Å². The van der Waals surface area contributed by atoms with Crippen LogP contribution in [0, 0.1) is 0 Å². The first-order valence-corrected chi connectivity index (χ1v) is 11.0. The Hall–Kier alpha value is -2.17. The highest BCUT2D eigenvalue weighted by Crippen LogP contribution is 2.38. The van der Waals surface area contributed by atoms with Crippen molar-refractivity contribution in [2.75, 3.05) is 20.2 Å². The lowest BCUT2D eigenvalue weighted by molar-refractivity contribution is 0.401. The molecule has 4 rings (SSSR count). The Balaban J connectivity index is 1.30. The van der Waals surface area contributed by atoms with Crippen LogP contribution in [0.3, 0.4) is 0 Å². The first-order valence-electron chi connectivity index (χ1n) is 10.1. The molecule has 3 nitrogen and oxygen atoms in total. The summed E-state index contributed by atoms with van der Waals surface area (Å²) in [6.45, 7) is 1.99. The molecule has 146 valence electrons. The summed E-state index contributed by atoms with van der Waals surface area (Å²) in [6.07, 6.45) is 5.81. The van der Waals surface area contributed by atoms with Crippen molar-refractivity contribution in [3.05, 3.63) is 74.8 Å². The summed E-state index contributed by atoms with van der Waals surface area (Å²) < 4.78 is 6.64. The number of rotatable bonds is 7. The number of ether oxygens (including phenoxy) is 1. The van der Waals surface area contributed by atoms with Crippen LogP contribution in [-0.4, -0.2) is 20.2 Å². The van der Waals surface area contributed by atoms with E-state index in [2.05, 4.69) is 35.6 Å². The zero-order valence-electron chi connectivity index (χ0n) is 16.4. The molecule has 0 amide bonds. The van der Waals surface area contributed by atoms with Crippen LogP contribution in [-0.2, 0) is 12.8 Å². The van der Waals surface area contributed by atoms with E-state index in [1.807, 2.05) is 11.4 Å². The molecule has 0 radical (unpaired) electrons. The van der Waals surface area contributed by atoms with Gasteiger partial charge < -0.3 is 10.1 Å². The topological polar surface area (TPSA) is 38.3 Å². The molecular formula is C24H27NO2S. The Bertz CT molecular complexity index is 1010. The molecule has 3 aromatic rings. The quantitative estimate of drug-likeness (QED) is 0.580. The van der Waals surface area contributed by atoms with Gasteiger partial charge in [-0.15, -0.1) is 11.3 Å². The van der Waals surface area contributed by atoms with E-state index >= 15 is 0 Å². The lowest BCUT2D eigenvalue weighted by atomic mass is 9.80. The standard InChI is InChI=1S/C24H27NO2S/c1-27-23-7-3-5-19-18(4-2-6-20(19)23)11-14-25-13-10-17-8-9-21-22(26)12-15-28-24(21)16-17/h3,5,7-9,12,15-16,18,25H,2,4,6,10-11,13-14H2,1H3. The molecule has 0 saturated carbocycles. The number of methoxy groups -OCH3 is 1. The lowest BCUT2D eigenvalue weighted by Crippen LogP contribution is -2.22. The number of hydrogen-bond donors (Lipinski definition) is 1. The third kappa shape index (κ3) is 4.13. The zero-order chi connectivity index (χ0) is 19.3. The van der Waals surface area contributed by atoms with E-state index in [0.29, 0.717) is 5.92 Å². The van der Waals surface area contributed by atoms with Crippen LogP contribution in [0.2, 0.25) is 0 Å². The van der Waals surface area contributed by atoms with E-state index in [0.717, 1.165) is 41.8 Å². The fourth-order valence-corrected chi connectivity index (χ4v) is 5.17. The molecule has 2 aromatic carbocycles. The van der Waals surface area contributed by atoms with Gasteiger partial charge in [-0.2, -0.15) is 0 Å². The Labute approximate surface area is 170 Å². The first-order chi connectivity index (χ1) is 13.8. The summed E-state index contributed by atoms with van der Waals surface area (Å²) in [4.78, 5) is 11.9. The summed E-state index contributed by atoms with van der Waals surface area (Å²) in [6, 6.07) is 14.3. The van der Waals surface area contributed by atoms with Crippen molar-refractivity contribution in [3.8, 4) is 5.75 Å². The van der Waals surface area contributed by atoms with E-state index in [-0.39, 0.29) is 5.43 Å². The van der Waals surface area contributed by atoms with Crippen LogP contribution >= 0.6 is 11.3 Å². The van der Waals surface area contributed by atoms with Gasteiger partial charge in [0.25, 0.3) is 0 Å². The molecule has 1 unspecified atom stereocenters. The van der Waals surface area contributed by atoms with E-state index in [1.54, 1.807) is 24.5 Å². The summed E-state index contributed by atoms with van der Waals surface area (Å²) in [5.41, 5.74) is 4.30. The summed E-state index contributed by atoms with van der Waals surface area (Å²) in [5.74, 6) is 1.68. The largest absolute Gasteiger partial charge is 0.496 e. The number of nitrogens with one attached hydrogen (secondary N) is 1. The fourth-order valence-electron chi connectivity index (χ4n) is 4.32. The molecule has 1 aliphatic carbocycles. The third-order valence-corrected chi connectivity index (χ3v) is 6.66. The highest BCUT2D eigenvalue weighted by molar-refractivity contribution is 7.16. The second kappa shape index (κ2) is 8.89. The van der Waals surface area contributed by atoms with Gasteiger partial charge >= 0.3 is 0 Å². The molecule has 1 aliphatic rings. The fraction of sp³-hybridized carbons (Fsp3) is 0.375. The van der Waals surface area contributed by atoms with E-state index in [1.165, 1.54) is 36.0 Å². The third-order valence-electron chi connectivity index (χ3n) is 5.79. The second-order valence-corrected chi connectivity index (χ2v) is 8.47. The van der Waals surface area contributed by atoms with Gasteiger partial charge in [-0.05, 0) is 97.4 Å². The molecule has 0 fully saturated rings. The maximum atomic E-state index is 11.9. The van der Waals surface area contributed by atoms with Gasteiger partial charge in [0.1, 0.15) is 5.75 Å². The molecule has 1 atom stereocenters. The van der Waals surface area contributed by atoms with Crippen LogP contribution in [0.5, 0.6) is 5.75 Å². The van der Waals surface area contributed by atoms with Crippen LogP contribution in [0.25, 0.3) is 10.1 Å². The minimum Gasteiger partial charge on any atom is -0.496 e. The van der Waals surface area contributed by atoms with Gasteiger partial charge in [0.15, 0.2) is 5.43 Å². The van der Waals surface area contributed by atoms with Crippen LogP contribution in [0.15, 0.2) is 52.6 Å². The molecule has 0 bridgehead atoms. The molecule has 0 saturated heterocycles. The predicted octanol–water partition coefficient (Wildman–Crippen LogP) is 4.91. The Kier molecular flexibility index (Phi) is 6.08. The van der Waals surface area contributed by atoms with Crippen molar-refractivity contribution >= 4 is 21.4 Å². The maximum Gasteiger partial charge on any atom is 0.188 e. The minimum absolute atomic E-state index is 0.114. The van der Waals surface area contributed by atoms with Crippen molar-refractivity contribution in [2.45, 2.75) is 38.0 Å². The Morgan fingerprint density at radius 1 is 1.18 bits per heavy atom. The number of fused-ring (bicyclic) bond motifs is 2. The van der Waals surface area contributed by atoms with Gasteiger partial charge in [-0.1, -0.05) is 18.2 Å². The average Bonchev–Trinajstić information content (AvgIpc) is 2.73. The van der Waals surface area contributed by atoms with Crippen molar-refractivity contribution < 1.29 is 4.74 Å². The average molecular weight is 394 g/mol. The van der Waals surface area contributed by atoms with E-state index < -0.39 is 0 Å². The molecule has 1 aromatic heterocycles. The number of hydrogen-bond acceptors (Lipinski definition) is 4. The first kappa shape index (κ1) is 19.2. The summed E-state index contributed by atoms with van der Waals surface area (Å²) >= 11 is 1.63. The van der Waals surface area contributed by atoms with Crippen LogP contribution in [0.1, 0.15) is 41.9 Å². The highest BCUT2D eigenvalue weighted by Gasteiger charge is 2.22. The van der Waals surface area contributed by atoms with Gasteiger partial charge in [-0.25, -0.2) is 0 Å².